The quantitative estimate of drug-likeness (QED) is 0.0471. The van der Waals surface area contributed by atoms with Crippen LogP contribution in [-0.4, -0.2) is 78.9 Å². The second-order valence-corrected chi connectivity index (χ2v) is 17.1. The number of fused-ring (bicyclic) bond motifs is 2. The van der Waals surface area contributed by atoms with Gasteiger partial charge in [-0.2, -0.15) is 0 Å². The first-order chi connectivity index (χ1) is 30.3. The van der Waals surface area contributed by atoms with E-state index in [1.165, 1.54) is 64.2 Å². The number of allylic oxidation sites excluding steroid dienone is 1. The van der Waals surface area contributed by atoms with Gasteiger partial charge in [-0.3, -0.25) is 4.90 Å². The summed E-state index contributed by atoms with van der Waals surface area (Å²) in [5.74, 6) is -1.03. The van der Waals surface area contributed by atoms with Crippen molar-refractivity contribution in [3.63, 3.8) is 0 Å². The lowest BCUT2D eigenvalue weighted by molar-refractivity contribution is -0.256. The Hall–Kier alpha value is -4.19. The summed E-state index contributed by atoms with van der Waals surface area (Å²) in [5.41, 5.74) is 3.31. The molecule has 1 saturated carbocycles. The first-order valence-electron chi connectivity index (χ1n) is 23.4. The zero-order chi connectivity index (χ0) is 44.2. The molecule has 2 aliphatic carbocycles. The fourth-order valence-electron chi connectivity index (χ4n) is 9.92. The molecule has 0 aromatic heterocycles. The molecule has 0 saturated heterocycles. The highest BCUT2D eigenvalue weighted by Gasteiger charge is 2.65. The van der Waals surface area contributed by atoms with E-state index in [0.29, 0.717) is 36.7 Å². The van der Waals surface area contributed by atoms with Gasteiger partial charge >= 0.3 is 6.09 Å². The molecule has 62 heavy (non-hydrogen) atoms. The summed E-state index contributed by atoms with van der Waals surface area (Å²) in [6, 6.07) is 11.3. The van der Waals surface area contributed by atoms with E-state index < -0.39 is 23.8 Å². The predicted octanol–water partition coefficient (Wildman–Crippen LogP) is 11.2. The van der Waals surface area contributed by atoms with Gasteiger partial charge in [-0.1, -0.05) is 120 Å². The van der Waals surface area contributed by atoms with Crippen LogP contribution in [0.3, 0.4) is 0 Å². The highest BCUT2D eigenvalue weighted by atomic mass is 19.1. The zero-order valence-electron chi connectivity index (χ0n) is 37.5. The van der Waals surface area contributed by atoms with Crippen LogP contribution in [0.2, 0.25) is 0 Å². The zero-order valence-corrected chi connectivity index (χ0v) is 37.5. The van der Waals surface area contributed by atoms with Crippen molar-refractivity contribution in [2.75, 3.05) is 40.1 Å². The number of carbonyl (C=O) groups is 1. The first kappa shape index (κ1) is 48.8. The van der Waals surface area contributed by atoms with Gasteiger partial charge < -0.3 is 34.0 Å². The standard InChI is InChI=1S/C51H73FN2O8/c1-5-8-9-10-11-12-13-14-15-20-33-60-50(57)54(37-38-23-25-40(52)26-24-38)47-36-45(53-58-4)43-34-39(21-16-18-29-55)42(22-17-19-30-56)48-44-35-41(59-31-6-2)27-28-46(44)62-51(47,49(43)48)61-32-7-3/h6-7,23-28,34-35,39,42,47-49,55-56H,2-3,5,8-22,29-33,36-37H2,1,4H3/t39-,42+,47-,48+,49+,51+/m0/s1. The summed E-state index contributed by atoms with van der Waals surface area (Å²) in [6.07, 6.45) is 21.7. The largest absolute Gasteiger partial charge is 0.490 e. The van der Waals surface area contributed by atoms with Gasteiger partial charge in [-0.05, 0) is 85.4 Å². The Kier molecular flexibility index (Phi) is 20.3. The lowest BCUT2D eigenvalue weighted by atomic mass is 9.55. The van der Waals surface area contributed by atoms with E-state index in [1.807, 2.05) is 12.1 Å². The van der Waals surface area contributed by atoms with Crippen LogP contribution in [-0.2, 0) is 20.9 Å². The SMILES string of the molecule is C=CCOc1ccc2c(c1)[C@H]1[C@H](CCCCO)[C@@H](CCCCO)C=C3C(=NOC)C[C@H](N(Cc4ccc(F)cc4)C(=O)OCCCCCCCCCCCC)[C@@](OCC=C)(O2)[C@H]31. The van der Waals surface area contributed by atoms with Crippen LogP contribution in [0.4, 0.5) is 9.18 Å². The fourth-order valence-corrected chi connectivity index (χ4v) is 9.92. The summed E-state index contributed by atoms with van der Waals surface area (Å²) >= 11 is 0. The minimum atomic E-state index is -1.45. The van der Waals surface area contributed by atoms with Crippen molar-refractivity contribution in [3.8, 4) is 11.5 Å². The topological polar surface area (TPSA) is 119 Å². The molecule has 11 heteroatoms. The third-order valence-electron chi connectivity index (χ3n) is 12.8. The Morgan fingerprint density at radius 1 is 0.903 bits per heavy atom. The third kappa shape index (κ3) is 12.7. The van der Waals surface area contributed by atoms with Crippen molar-refractivity contribution in [2.45, 2.75) is 140 Å². The number of nitrogens with zero attached hydrogens (tertiary/aromatic N) is 2. The lowest BCUT2D eigenvalue weighted by Crippen LogP contribution is -2.70. The van der Waals surface area contributed by atoms with Crippen molar-refractivity contribution >= 4 is 11.8 Å². The molecule has 0 bridgehead atoms. The number of oxime groups is 1. The molecule has 2 aromatic carbocycles. The van der Waals surface area contributed by atoms with Crippen molar-refractivity contribution in [3.05, 3.63) is 96.4 Å². The van der Waals surface area contributed by atoms with Crippen LogP contribution in [0.25, 0.3) is 0 Å². The minimum Gasteiger partial charge on any atom is -0.490 e. The maximum Gasteiger partial charge on any atom is 0.410 e. The van der Waals surface area contributed by atoms with E-state index >= 15 is 0 Å². The van der Waals surface area contributed by atoms with Crippen LogP contribution in [0, 0.1) is 23.6 Å². The number of hydrogen-bond donors (Lipinski definition) is 2. The average Bonchev–Trinajstić information content (AvgIpc) is 3.28. The maximum atomic E-state index is 14.7. The number of halogens is 1. The molecule has 342 valence electrons. The number of benzene rings is 2. The number of amides is 1. The Bertz CT molecular complexity index is 1750. The Balaban J connectivity index is 1.59. The summed E-state index contributed by atoms with van der Waals surface area (Å²) in [6.45, 7) is 11.1. The normalized spacial score (nSPS) is 23.1. The molecule has 3 aliphatic rings. The number of aliphatic hydroxyl groups excluding tert-OH is 2. The first-order valence-corrected chi connectivity index (χ1v) is 23.4. The molecule has 6 atom stereocenters. The summed E-state index contributed by atoms with van der Waals surface area (Å²) in [5, 5.41) is 24.4. The predicted molar refractivity (Wildman–Crippen MR) is 243 cm³/mol. The number of ether oxygens (including phenoxy) is 4. The Morgan fingerprint density at radius 2 is 1.58 bits per heavy atom. The van der Waals surface area contributed by atoms with Gasteiger partial charge in [0.05, 0.1) is 24.8 Å². The van der Waals surface area contributed by atoms with Crippen molar-refractivity contribution in [2.24, 2.45) is 22.9 Å². The van der Waals surface area contributed by atoms with E-state index in [9.17, 15) is 19.4 Å². The van der Waals surface area contributed by atoms with Gasteiger partial charge in [-0.25, -0.2) is 9.18 Å². The van der Waals surface area contributed by atoms with E-state index in [1.54, 1.807) is 29.2 Å². The van der Waals surface area contributed by atoms with Gasteiger partial charge in [-0.15, -0.1) is 6.58 Å². The number of unbranched alkanes of at least 4 members (excludes halogenated alkanes) is 11. The second-order valence-electron chi connectivity index (χ2n) is 17.1. The van der Waals surface area contributed by atoms with Crippen molar-refractivity contribution in [1.82, 2.24) is 4.90 Å². The molecule has 1 aliphatic heterocycles. The van der Waals surface area contributed by atoms with E-state index in [2.05, 4.69) is 37.4 Å². The van der Waals surface area contributed by atoms with E-state index in [0.717, 1.165) is 61.6 Å². The molecule has 2 aromatic rings. The lowest BCUT2D eigenvalue weighted by Gasteiger charge is -2.59. The molecule has 10 nitrogen and oxygen atoms in total. The number of aliphatic hydroxyl groups is 2. The van der Waals surface area contributed by atoms with Crippen molar-refractivity contribution < 1.29 is 43.2 Å². The highest BCUT2D eigenvalue weighted by Crippen LogP contribution is 2.62. The van der Waals surface area contributed by atoms with E-state index in [4.69, 9.17) is 23.8 Å². The number of hydrogen-bond acceptors (Lipinski definition) is 9. The summed E-state index contributed by atoms with van der Waals surface area (Å²) < 4.78 is 40.9. The van der Waals surface area contributed by atoms with Crippen LogP contribution < -0.4 is 9.47 Å². The molecule has 2 N–H and O–H groups in total. The smallest absolute Gasteiger partial charge is 0.410 e. The number of rotatable bonds is 29. The van der Waals surface area contributed by atoms with Crippen LogP contribution in [0.5, 0.6) is 11.5 Å². The number of carbonyl (C=O) groups excluding carboxylic acids is 1. The minimum absolute atomic E-state index is 0.0642. The molecule has 0 unspecified atom stereocenters. The van der Waals surface area contributed by atoms with E-state index in [-0.39, 0.29) is 63.0 Å². The van der Waals surface area contributed by atoms with Gasteiger partial charge in [0, 0.05) is 37.7 Å². The Morgan fingerprint density at radius 3 is 2.24 bits per heavy atom. The monoisotopic (exact) mass is 861 g/mol. The van der Waals surface area contributed by atoms with Crippen molar-refractivity contribution in [1.29, 1.82) is 0 Å². The molecular formula is C51H73FN2O8. The fraction of sp³-hybridized carbons (Fsp3) is 0.608. The summed E-state index contributed by atoms with van der Waals surface area (Å²) in [7, 11) is 1.53. The molecule has 5 rings (SSSR count). The maximum absolute atomic E-state index is 14.7. The van der Waals surface area contributed by atoms with Gasteiger partial charge in [0.25, 0.3) is 0 Å². The molecule has 0 radical (unpaired) electrons. The highest BCUT2D eigenvalue weighted by molar-refractivity contribution is 6.03. The second kappa shape index (κ2) is 25.8. The van der Waals surface area contributed by atoms with Crippen LogP contribution in [0.1, 0.15) is 133 Å². The van der Waals surface area contributed by atoms with Crippen LogP contribution >= 0.6 is 0 Å². The summed E-state index contributed by atoms with van der Waals surface area (Å²) in [4.78, 5) is 22.0. The Labute approximate surface area is 370 Å². The van der Waals surface area contributed by atoms with Crippen LogP contribution in [0.15, 0.2) is 84.6 Å². The van der Waals surface area contributed by atoms with Gasteiger partial charge in [0.1, 0.15) is 37.1 Å². The molecule has 0 spiro atoms. The average molecular weight is 861 g/mol. The molecular weight excluding hydrogens is 788 g/mol. The molecule has 1 amide bonds. The van der Waals surface area contributed by atoms with Gasteiger partial charge in [0.15, 0.2) is 0 Å². The third-order valence-corrected chi connectivity index (χ3v) is 12.8. The van der Waals surface area contributed by atoms with Gasteiger partial charge in [0.2, 0.25) is 5.79 Å². The molecule has 1 heterocycles. The molecule has 1 fully saturated rings.